The van der Waals surface area contributed by atoms with Crippen LogP contribution in [0.4, 0.5) is 0 Å². The molecule has 36 bridgehead atoms. The lowest BCUT2D eigenvalue weighted by Crippen LogP contribution is -1.80. The minimum Gasteiger partial charge on any atom is -0.355 e. The van der Waals surface area contributed by atoms with Crippen molar-refractivity contribution in [1.82, 2.24) is 89.7 Å². The quantitative estimate of drug-likeness (QED) is 0.143. The molecule has 19 heterocycles. The van der Waals surface area contributed by atoms with Crippen molar-refractivity contribution in [1.29, 1.82) is 0 Å². The van der Waals surface area contributed by atoms with Crippen LogP contribution < -0.4 is 0 Å². The van der Waals surface area contributed by atoms with Crippen LogP contribution in [0.1, 0.15) is 182 Å². The first-order valence-corrected chi connectivity index (χ1v) is 34.9. The lowest BCUT2D eigenvalue weighted by atomic mass is 10.3. The number of nitrogens with zero attached hydrogens (tertiary/aromatic N) is 16. The van der Waals surface area contributed by atoms with Crippen LogP contribution in [0.2, 0.25) is 0 Å². The SMILES string of the molecule is C1=Cc2cc3nc(cc4nc(cc5nc(cc6nc(cc7nc(cc8nc(cc9nc(cc%10ccc(cc%11nc(cc%12ccc(cc%13nc(cc%14nc(cc%15nc(cc%16nc(cc%17nc(cc%18nc(cc%19nc(cc1n2)C=C%19)C=C%18)C=C%17)C=C%16)C=C%15)C=C%14)C=C%13)[nH]%12)C=C%11)[nH]%10)C=C9)C=C8)C=C7)C=C6)C=C5)C=C4)C=C3. The van der Waals surface area contributed by atoms with Crippen LogP contribution >= 0.6 is 0 Å². The van der Waals surface area contributed by atoms with Gasteiger partial charge < -0.3 is 9.97 Å². The monoisotopic (exact) mass is 1390 g/mol. The maximum Gasteiger partial charge on any atom is 0.0659 e. The summed E-state index contributed by atoms with van der Waals surface area (Å²) >= 11 is 0. The summed E-state index contributed by atoms with van der Waals surface area (Å²) in [7, 11) is 0. The van der Waals surface area contributed by atoms with Gasteiger partial charge in [-0.1, -0.05) is 0 Å². The molecule has 0 unspecified atom stereocenters. The lowest BCUT2D eigenvalue weighted by molar-refractivity contribution is 1.24. The molecule has 0 atom stereocenters. The summed E-state index contributed by atoms with van der Waals surface area (Å²) in [6.07, 6.45) is 63.4. The standard InChI is InChI=1S/C90H56N18/c1-2-56-38-58-5-6-60(93-58)40-62-9-10-64(95-62)42-66-13-14-68(97-66)44-70-17-18-72(99-70)46-74-21-22-76(101-74)48-78-25-26-80(103-78)50-82-29-30-84(105-82)52-86-33-34-88(107-86)54-90-36-35-89(108-90)53-87-32-31-85(106-87)51-83-28-27-81(104-83)49-79-24-23-77(102-79)47-75-20-19-73(100-75)45-71-16-15-69(98-71)43-67-12-11-65(96-67)41-63-8-7-61(94-63)39-59-4-3-57(92-59)37-55(1)91-56/h1-54,91,94H. The van der Waals surface area contributed by atoms with E-state index >= 15 is 0 Å². The molecule has 0 saturated carbocycles. The van der Waals surface area contributed by atoms with E-state index in [1.54, 1.807) is 0 Å². The molecule has 0 aromatic carbocycles. The van der Waals surface area contributed by atoms with Crippen LogP contribution in [0.15, 0.2) is 133 Å². The third kappa shape index (κ3) is 15.3. The second kappa shape index (κ2) is 27.8. The highest BCUT2D eigenvalue weighted by Crippen LogP contribution is 2.27. The average Bonchev–Trinajstić information content (AvgIpc) is 1.71. The summed E-state index contributed by atoms with van der Waals surface area (Å²) in [4.78, 5) is 84.3. The number of aromatic nitrogens is 18. The zero-order valence-corrected chi connectivity index (χ0v) is 57.3. The zero-order valence-electron chi connectivity index (χ0n) is 57.3. The fourth-order valence-electron chi connectivity index (χ4n) is 12.8. The van der Waals surface area contributed by atoms with E-state index in [-0.39, 0.29) is 0 Å². The Balaban J connectivity index is 0.596. The van der Waals surface area contributed by atoms with Crippen molar-refractivity contribution in [2.24, 2.45) is 0 Å². The van der Waals surface area contributed by atoms with Crippen molar-refractivity contribution in [3.8, 4) is 0 Å². The molecule has 18 heteroatoms. The highest BCUT2D eigenvalue weighted by molar-refractivity contribution is 5.86. The van der Waals surface area contributed by atoms with Crippen molar-refractivity contribution < 1.29 is 0 Å². The minimum absolute atomic E-state index is 0.799. The molecule has 3 aromatic rings. The molecule has 0 spiro atoms. The molecular formula is C90H56N18. The first kappa shape index (κ1) is 63.6. The molecule has 506 valence electrons. The normalized spacial score (nSPS) is 13.7. The molecule has 108 heavy (non-hydrogen) atoms. The van der Waals surface area contributed by atoms with Crippen molar-refractivity contribution in [2.75, 3.05) is 0 Å². The van der Waals surface area contributed by atoms with E-state index in [0.29, 0.717) is 0 Å². The summed E-state index contributed by atoms with van der Waals surface area (Å²) in [5, 5.41) is 0. The van der Waals surface area contributed by atoms with Crippen LogP contribution in [0.25, 0.3) is 216 Å². The zero-order chi connectivity index (χ0) is 71.7. The predicted molar refractivity (Wildman–Crippen MR) is 440 cm³/mol. The van der Waals surface area contributed by atoms with Gasteiger partial charge in [0.15, 0.2) is 0 Å². The Morgan fingerprint density at radius 3 is 0.259 bits per heavy atom. The number of nitrogens with one attached hydrogen (secondary N) is 2. The lowest BCUT2D eigenvalue weighted by Gasteiger charge is -1.86. The Morgan fingerprint density at radius 1 is 0.102 bits per heavy atom. The van der Waals surface area contributed by atoms with Gasteiger partial charge in [0.2, 0.25) is 0 Å². The van der Waals surface area contributed by atoms with Crippen molar-refractivity contribution in [2.45, 2.75) is 0 Å². The van der Waals surface area contributed by atoms with Crippen LogP contribution in [-0.4, -0.2) is 89.7 Å². The number of hydrogen-bond acceptors (Lipinski definition) is 16. The molecule has 3 aromatic heterocycles. The van der Waals surface area contributed by atoms with Gasteiger partial charge in [-0.15, -0.1) is 0 Å². The minimum atomic E-state index is 0.799. The van der Waals surface area contributed by atoms with E-state index in [9.17, 15) is 0 Å². The summed E-state index contributed by atoms with van der Waals surface area (Å²) in [6, 6.07) is 43.7. The van der Waals surface area contributed by atoms with E-state index < -0.39 is 0 Å². The Hall–Kier alpha value is -15.3. The van der Waals surface area contributed by atoms with Crippen LogP contribution in [0, 0.1) is 0 Å². The van der Waals surface area contributed by atoms with E-state index in [2.05, 4.69) is 9.97 Å². The summed E-state index contributed by atoms with van der Waals surface area (Å²) in [5.41, 5.74) is 29.5. The number of fused-ring (bicyclic) bond motifs is 36. The number of hydrogen-bond donors (Lipinski definition) is 2. The molecule has 16 aliphatic rings. The van der Waals surface area contributed by atoms with E-state index in [1.165, 1.54) is 0 Å². The molecule has 19 rings (SSSR count). The largest absolute Gasteiger partial charge is 0.355 e. The average molecular weight is 1390 g/mol. The Labute approximate surface area is 618 Å². The number of aromatic amines is 2. The fourth-order valence-corrected chi connectivity index (χ4v) is 12.8. The van der Waals surface area contributed by atoms with Gasteiger partial charge in [-0.05, 0) is 328 Å². The van der Waals surface area contributed by atoms with Gasteiger partial charge in [-0.3, -0.25) is 0 Å². The molecule has 0 fully saturated rings. The number of H-pyrrole nitrogens is 2. The number of rotatable bonds is 0. The molecule has 18 nitrogen and oxygen atoms in total. The van der Waals surface area contributed by atoms with E-state index in [4.69, 9.17) is 79.7 Å². The maximum absolute atomic E-state index is 4.87. The van der Waals surface area contributed by atoms with Gasteiger partial charge in [-0.2, -0.15) is 0 Å². The first-order valence-electron chi connectivity index (χ1n) is 34.9. The highest BCUT2D eigenvalue weighted by Gasteiger charge is 2.13. The Bertz CT molecular complexity index is 6180. The van der Waals surface area contributed by atoms with E-state index in [1.807, 2.05) is 328 Å². The summed E-state index contributed by atoms with van der Waals surface area (Å²) < 4.78 is 0. The van der Waals surface area contributed by atoms with Crippen LogP contribution in [0.3, 0.4) is 0 Å². The summed E-state index contributed by atoms with van der Waals surface area (Å²) in [5.74, 6) is 0. The molecule has 0 amide bonds. The fraction of sp³-hybridized carbons (Fsp3) is 0. The molecule has 0 aliphatic carbocycles. The third-order valence-electron chi connectivity index (χ3n) is 17.7. The topological polar surface area (TPSA) is 238 Å². The maximum atomic E-state index is 4.87. The highest BCUT2D eigenvalue weighted by atomic mass is 14.8. The van der Waals surface area contributed by atoms with Crippen LogP contribution in [0.5, 0.6) is 0 Å². The predicted octanol–water partition coefficient (Wildman–Crippen LogP) is 18.7. The summed E-state index contributed by atoms with van der Waals surface area (Å²) in [6.45, 7) is 0. The molecule has 0 saturated heterocycles. The van der Waals surface area contributed by atoms with Crippen molar-refractivity contribution in [3.63, 3.8) is 0 Å². The van der Waals surface area contributed by atoms with Crippen molar-refractivity contribution >= 4 is 216 Å². The molecular weight excluding hydrogens is 1330 g/mol. The Kier molecular flexibility index (Phi) is 16.4. The van der Waals surface area contributed by atoms with Gasteiger partial charge in [0.25, 0.3) is 0 Å². The van der Waals surface area contributed by atoms with Gasteiger partial charge >= 0.3 is 0 Å². The van der Waals surface area contributed by atoms with Gasteiger partial charge in [0.05, 0.1) is 182 Å². The van der Waals surface area contributed by atoms with Gasteiger partial charge in [-0.25, -0.2) is 79.7 Å². The second-order valence-electron chi connectivity index (χ2n) is 26.1. The van der Waals surface area contributed by atoms with E-state index in [0.717, 1.165) is 204 Å². The Morgan fingerprint density at radius 2 is 0.176 bits per heavy atom. The molecule has 0 radical (unpaired) electrons. The van der Waals surface area contributed by atoms with Gasteiger partial charge in [0, 0.05) is 22.1 Å². The second-order valence-corrected chi connectivity index (χ2v) is 26.1. The molecule has 2 N–H and O–H groups in total. The third-order valence-corrected chi connectivity index (χ3v) is 17.7. The van der Waals surface area contributed by atoms with Crippen molar-refractivity contribution in [3.05, 3.63) is 316 Å². The molecule has 16 aliphatic heterocycles. The van der Waals surface area contributed by atoms with Gasteiger partial charge in [0.1, 0.15) is 0 Å². The first-order chi connectivity index (χ1) is 53.1. The van der Waals surface area contributed by atoms with Crippen LogP contribution in [-0.2, 0) is 0 Å². The smallest absolute Gasteiger partial charge is 0.0659 e.